The van der Waals surface area contributed by atoms with E-state index < -0.39 is 0 Å². The van der Waals surface area contributed by atoms with Gasteiger partial charge in [0.2, 0.25) is 0 Å². The smallest absolute Gasteiger partial charge is 0.190 e. The number of benzene rings is 2. The van der Waals surface area contributed by atoms with E-state index >= 15 is 0 Å². The van der Waals surface area contributed by atoms with Gasteiger partial charge in [0.1, 0.15) is 11.5 Å². The largest absolute Gasteiger partial charge is 0.496 e. The first-order chi connectivity index (χ1) is 13.5. The van der Waals surface area contributed by atoms with E-state index in [0.29, 0.717) is 22.3 Å². The fourth-order valence-electron chi connectivity index (χ4n) is 3.06. The minimum Gasteiger partial charge on any atom is -0.496 e. The van der Waals surface area contributed by atoms with Gasteiger partial charge in [0.05, 0.1) is 24.3 Å². The van der Waals surface area contributed by atoms with Crippen molar-refractivity contribution in [1.29, 1.82) is 0 Å². The topological polar surface area (TPSA) is 35.5 Å². The van der Waals surface area contributed by atoms with Crippen LogP contribution in [0.5, 0.6) is 11.5 Å². The molecule has 3 nitrogen and oxygen atoms in total. The molecule has 0 heterocycles. The molecule has 0 saturated heterocycles. The van der Waals surface area contributed by atoms with Crippen LogP contribution in [0.4, 0.5) is 0 Å². The highest BCUT2D eigenvalue weighted by atomic mass is 35.5. The molecule has 2 aromatic rings. The van der Waals surface area contributed by atoms with Gasteiger partial charge in [-0.25, -0.2) is 0 Å². The molecular weight excluding hydrogens is 391 g/mol. The molecule has 0 spiro atoms. The number of ether oxygens (including phenoxy) is 2. The molecule has 5 heteroatoms. The normalized spacial score (nSPS) is 12.3. The van der Waals surface area contributed by atoms with Crippen LogP contribution >= 0.6 is 20.2 Å². The monoisotopic (exact) mass is 420 g/mol. The van der Waals surface area contributed by atoms with Gasteiger partial charge in [0.15, 0.2) is 5.52 Å². The molecule has 0 aromatic heterocycles. The quantitative estimate of drug-likeness (QED) is 0.395. The maximum Gasteiger partial charge on any atom is 0.190 e. The summed E-state index contributed by atoms with van der Waals surface area (Å²) < 4.78 is 11.3. The fraction of sp³-hybridized carbons (Fsp3) is 0.435. The molecule has 0 fully saturated rings. The summed E-state index contributed by atoms with van der Waals surface area (Å²) in [6.07, 6.45) is 4.80. The van der Waals surface area contributed by atoms with Crippen LogP contribution in [-0.2, 0) is 0 Å². The van der Waals surface area contributed by atoms with Gasteiger partial charge in [-0.15, -0.1) is 0 Å². The highest BCUT2D eigenvalue weighted by molar-refractivity contribution is 7.66. The van der Waals surface area contributed by atoms with Crippen LogP contribution in [0.3, 0.4) is 0 Å². The summed E-state index contributed by atoms with van der Waals surface area (Å²) in [5.41, 5.74) is 1.48. The number of hydrogen-bond donors (Lipinski definition) is 0. The van der Waals surface area contributed by atoms with E-state index in [9.17, 15) is 4.79 Å². The standard InChI is InChI=1S/C23H30ClO3P/c1-5-7-9-17(6-2)15-27-18-12-13-21(16(3)14-18)28-23(25)22-19(24)10-8-11-20(22)26-4/h8,10-14,17,28H,5-7,9,15H2,1-4H3. The third-order valence-electron chi connectivity index (χ3n) is 4.90. The Morgan fingerprint density at radius 2 is 2.00 bits per heavy atom. The van der Waals surface area contributed by atoms with Crippen molar-refractivity contribution in [3.05, 3.63) is 52.5 Å². The van der Waals surface area contributed by atoms with Crippen LogP contribution in [0, 0.1) is 12.8 Å². The number of aryl methyl sites for hydroxylation is 1. The van der Waals surface area contributed by atoms with Gasteiger partial charge in [-0.05, 0) is 63.0 Å². The predicted octanol–water partition coefficient (Wildman–Crippen LogP) is 6.40. The highest BCUT2D eigenvalue weighted by Gasteiger charge is 2.18. The third-order valence-corrected chi connectivity index (χ3v) is 6.52. The average Bonchev–Trinajstić information content (AvgIpc) is 2.69. The Morgan fingerprint density at radius 3 is 2.64 bits per heavy atom. The van der Waals surface area contributed by atoms with E-state index in [-0.39, 0.29) is 14.1 Å². The minimum absolute atomic E-state index is 0.0148. The molecule has 0 saturated carbocycles. The summed E-state index contributed by atoms with van der Waals surface area (Å²) in [4.78, 5) is 12.8. The van der Waals surface area contributed by atoms with Crippen molar-refractivity contribution in [2.45, 2.75) is 46.5 Å². The Labute approximate surface area is 175 Å². The third kappa shape index (κ3) is 6.22. The van der Waals surface area contributed by atoms with Crippen LogP contribution in [0.2, 0.25) is 5.02 Å². The van der Waals surface area contributed by atoms with Crippen molar-refractivity contribution in [3.63, 3.8) is 0 Å². The molecular formula is C23H30ClO3P. The molecule has 0 N–H and O–H groups in total. The zero-order valence-electron chi connectivity index (χ0n) is 17.2. The molecule has 0 radical (unpaired) electrons. The molecule has 0 amide bonds. The Balaban J connectivity index is 2.05. The van der Waals surface area contributed by atoms with Gasteiger partial charge < -0.3 is 9.47 Å². The first-order valence-corrected chi connectivity index (χ1v) is 11.2. The zero-order chi connectivity index (χ0) is 20.5. The van der Waals surface area contributed by atoms with E-state index in [4.69, 9.17) is 21.1 Å². The maximum absolute atomic E-state index is 12.8. The van der Waals surface area contributed by atoms with E-state index in [1.165, 1.54) is 19.3 Å². The lowest BCUT2D eigenvalue weighted by atomic mass is 10.0. The van der Waals surface area contributed by atoms with Crippen LogP contribution < -0.4 is 14.8 Å². The number of carbonyl (C=O) groups is 1. The van der Waals surface area contributed by atoms with E-state index in [0.717, 1.165) is 29.6 Å². The Bertz CT molecular complexity index is 791. The molecule has 2 rings (SSSR count). The second kappa shape index (κ2) is 11.4. The van der Waals surface area contributed by atoms with Gasteiger partial charge in [-0.1, -0.05) is 56.8 Å². The van der Waals surface area contributed by atoms with E-state index in [1.54, 1.807) is 25.3 Å². The summed E-state index contributed by atoms with van der Waals surface area (Å²) in [5, 5.41) is 1.42. The number of rotatable bonds is 11. The number of carbonyl (C=O) groups excluding carboxylic acids is 1. The zero-order valence-corrected chi connectivity index (χ0v) is 18.9. The highest BCUT2D eigenvalue weighted by Crippen LogP contribution is 2.33. The fourth-order valence-corrected chi connectivity index (χ4v) is 4.45. The number of hydrogen-bond acceptors (Lipinski definition) is 3. The molecule has 2 atom stereocenters. The SMILES string of the molecule is CCCCC(CC)COc1ccc(PC(=O)c2c(Cl)cccc2OC)c(C)c1. The summed E-state index contributed by atoms with van der Waals surface area (Å²) in [6, 6.07) is 11.2. The van der Waals surface area contributed by atoms with Gasteiger partial charge in [0.25, 0.3) is 0 Å². The summed E-state index contributed by atoms with van der Waals surface area (Å²) in [7, 11) is 1.53. The van der Waals surface area contributed by atoms with Crippen molar-refractivity contribution < 1.29 is 14.3 Å². The maximum atomic E-state index is 12.8. The van der Waals surface area contributed by atoms with Crippen molar-refractivity contribution in [1.82, 2.24) is 0 Å². The van der Waals surface area contributed by atoms with Crippen LogP contribution in [0.1, 0.15) is 55.5 Å². The van der Waals surface area contributed by atoms with Crippen LogP contribution in [-0.4, -0.2) is 19.2 Å². The van der Waals surface area contributed by atoms with Crippen molar-refractivity contribution in [2.24, 2.45) is 5.92 Å². The lowest BCUT2D eigenvalue weighted by molar-refractivity contribution is 0.108. The van der Waals surface area contributed by atoms with Gasteiger partial charge in [-0.2, -0.15) is 0 Å². The van der Waals surface area contributed by atoms with Gasteiger partial charge >= 0.3 is 0 Å². The molecule has 28 heavy (non-hydrogen) atoms. The molecule has 0 bridgehead atoms. The number of methoxy groups -OCH3 is 1. The van der Waals surface area contributed by atoms with E-state index in [1.807, 2.05) is 25.1 Å². The lowest BCUT2D eigenvalue weighted by Crippen LogP contribution is -2.12. The molecule has 0 aliphatic heterocycles. The van der Waals surface area contributed by atoms with Crippen molar-refractivity contribution >= 4 is 31.0 Å². The molecule has 0 aliphatic rings. The van der Waals surface area contributed by atoms with Crippen molar-refractivity contribution in [2.75, 3.05) is 13.7 Å². The minimum atomic E-state index is -0.0233. The molecule has 2 aromatic carbocycles. The Hall–Kier alpha value is -1.57. The Morgan fingerprint density at radius 1 is 1.21 bits per heavy atom. The van der Waals surface area contributed by atoms with Gasteiger partial charge in [0, 0.05) is 0 Å². The molecule has 2 unspecified atom stereocenters. The second-order valence-electron chi connectivity index (χ2n) is 6.98. The predicted molar refractivity (Wildman–Crippen MR) is 120 cm³/mol. The molecule has 152 valence electrons. The lowest BCUT2D eigenvalue weighted by Gasteiger charge is -2.16. The first kappa shape index (κ1) is 22.7. The van der Waals surface area contributed by atoms with Crippen LogP contribution in [0.25, 0.3) is 0 Å². The molecule has 0 aliphatic carbocycles. The van der Waals surface area contributed by atoms with Crippen molar-refractivity contribution in [3.8, 4) is 11.5 Å². The summed E-state index contributed by atoms with van der Waals surface area (Å²) in [5.74, 6) is 1.97. The Kier molecular flexibility index (Phi) is 9.28. The first-order valence-electron chi connectivity index (χ1n) is 9.87. The second-order valence-corrected chi connectivity index (χ2v) is 8.63. The van der Waals surface area contributed by atoms with Gasteiger partial charge in [-0.3, -0.25) is 4.79 Å². The average molecular weight is 421 g/mol. The number of halogens is 1. The van der Waals surface area contributed by atoms with Crippen LogP contribution in [0.15, 0.2) is 36.4 Å². The summed E-state index contributed by atoms with van der Waals surface area (Å²) in [6.45, 7) is 7.19. The summed E-state index contributed by atoms with van der Waals surface area (Å²) >= 11 is 6.24. The van der Waals surface area contributed by atoms with E-state index in [2.05, 4.69) is 13.8 Å². The number of unbranched alkanes of at least 4 members (excludes halogenated alkanes) is 1.